The number of amides is 1. The molecule has 17 heavy (non-hydrogen) atoms. The van der Waals surface area contributed by atoms with Crippen molar-refractivity contribution in [3.63, 3.8) is 0 Å². The number of hydrogen-bond acceptors (Lipinski definition) is 3. The number of halogens is 1. The number of benzene rings is 1. The van der Waals surface area contributed by atoms with Crippen molar-refractivity contribution < 1.29 is 9.53 Å². The van der Waals surface area contributed by atoms with Gasteiger partial charge in [0.2, 0.25) is 0 Å². The molecule has 2 rings (SSSR count). The summed E-state index contributed by atoms with van der Waals surface area (Å²) < 4.78 is 6.23. The molecule has 1 heterocycles. The van der Waals surface area contributed by atoms with Crippen LogP contribution < -0.4 is 10.6 Å². The van der Waals surface area contributed by atoms with Gasteiger partial charge in [-0.1, -0.05) is 22.0 Å². The molecule has 1 fully saturated rings. The molecule has 0 aromatic heterocycles. The summed E-state index contributed by atoms with van der Waals surface area (Å²) in [5.41, 5.74) is 6.47. The largest absolute Gasteiger partial charge is 0.369 e. The van der Waals surface area contributed by atoms with Crippen molar-refractivity contribution in [2.24, 2.45) is 5.73 Å². The Bertz CT molecular complexity index is 409. The number of carbonyl (C=O) groups is 1. The predicted octanol–water partition coefficient (Wildman–Crippen LogP) is 1.53. The van der Waals surface area contributed by atoms with Gasteiger partial charge in [-0.15, -0.1) is 0 Å². The van der Waals surface area contributed by atoms with Crippen molar-refractivity contribution in [3.8, 4) is 0 Å². The van der Waals surface area contributed by atoms with Gasteiger partial charge in [0.15, 0.2) is 0 Å². The van der Waals surface area contributed by atoms with E-state index in [1.807, 2.05) is 24.3 Å². The van der Waals surface area contributed by atoms with E-state index in [2.05, 4.69) is 15.9 Å². The number of rotatable bonds is 3. The molecule has 0 aliphatic carbocycles. The Morgan fingerprint density at radius 3 is 3.06 bits per heavy atom. The van der Waals surface area contributed by atoms with Gasteiger partial charge in [0.1, 0.15) is 6.61 Å². The lowest BCUT2D eigenvalue weighted by Gasteiger charge is -2.35. The monoisotopic (exact) mass is 298 g/mol. The first kappa shape index (κ1) is 12.5. The zero-order valence-electron chi connectivity index (χ0n) is 9.43. The third-order valence-electron chi connectivity index (χ3n) is 2.76. The van der Waals surface area contributed by atoms with Crippen LogP contribution in [0.25, 0.3) is 0 Å². The van der Waals surface area contributed by atoms with Crippen molar-refractivity contribution in [1.82, 2.24) is 0 Å². The Kier molecular flexibility index (Phi) is 4.15. The first-order valence-corrected chi connectivity index (χ1v) is 6.37. The Morgan fingerprint density at radius 1 is 1.53 bits per heavy atom. The number of nitrogens with zero attached hydrogens (tertiary/aromatic N) is 1. The van der Waals surface area contributed by atoms with Crippen LogP contribution in [0.1, 0.15) is 6.42 Å². The van der Waals surface area contributed by atoms with Gasteiger partial charge in [-0.25, -0.2) is 0 Å². The van der Waals surface area contributed by atoms with Crippen molar-refractivity contribution in [2.75, 3.05) is 24.7 Å². The molecule has 4 nitrogen and oxygen atoms in total. The van der Waals surface area contributed by atoms with Crippen LogP contribution in [-0.4, -0.2) is 31.7 Å². The van der Waals surface area contributed by atoms with Crippen LogP contribution in [0.3, 0.4) is 0 Å². The van der Waals surface area contributed by atoms with E-state index in [0.717, 1.165) is 16.6 Å². The highest BCUT2D eigenvalue weighted by atomic mass is 79.9. The Morgan fingerprint density at radius 2 is 2.35 bits per heavy atom. The fraction of sp³-hybridized carbons (Fsp3) is 0.417. The third-order valence-corrected chi connectivity index (χ3v) is 3.25. The minimum Gasteiger partial charge on any atom is -0.369 e. The lowest BCUT2D eigenvalue weighted by molar-refractivity contribution is -0.127. The fourth-order valence-electron chi connectivity index (χ4n) is 2.02. The maximum Gasteiger partial charge on any atom is 0.253 e. The quantitative estimate of drug-likeness (QED) is 0.921. The molecule has 1 aromatic carbocycles. The standard InChI is InChI=1S/C12H15BrN2O2/c13-9-2-1-3-10(6-9)15-11(4-5-14)7-17-8-12(15)16/h1-3,6,11H,4-5,7-8,14H2. The highest BCUT2D eigenvalue weighted by Gasteiger charge is 2.29. The van der Waals surface area contributed by atoms with Crippen molar-refractivity contribution in [1.29, 1.82) is 0 Å². The first-order valence-electron chi connectivity index (χ1n) is 5.58. The van der Waals surface area contributed by atoms with E-state index in [0.29, 0.717) is 13.2 Å². The zero-order chi connectivity index (χ0) is 12.3. The summed E-state index contributed by atoms with van der Waals surface area (Å²) in [6, 6.07) is 7.76. The third kappa shape index (κ3) is 2.86. The first-order chi connectivity index (χ1) is 8.22. The van der Waals surface area contributed by atoms with Crippen LogP contribution in [0, 0.1) is 0 Å². The average molecular weight is 299 g/mol. The van der Waals surface area contributed by atoms with Crippen LogP contribution in [-0.2, 0) is 9.53 Å². The minimum absolute atomic E-state index is 0.00667. The second-order valence-corrected chi connectivity index (χ2v) is 4.91. The Labute approximate surface area is 109 Å². The molecule has 92 valence electrons. The van der Waals surface area contributed by atoms with Crippen LogP contribution in [0.5, 0.6) is 0 Å². The SMILES string of the molecule is NCCC1COCC(=O)N1c1cccc(Br)c1. The molecule has 0 spiro atoms. The van der Waals surface area contributed by atoms with E-state index >= 15 is 0 Å². The molecule has 1 amide bonds. The second kappa shape index (κ2) is 5.62. The van der Waals surface area contributed by atoms with E-state index in [-0.39, 0.29) is 18.6 Å². The average Bonchev–Trinajstić information content (AvgIpc) is 2.29. The van der Waals surface area contributed by atoms with E-state index in [9.17, 15) is 4.79 Å². The molecule has 5 heteroatoms. The Hall–Kier alpha value is -0.910. The molecular formula is C12H15BrN2O2. The molecule has 0 bridgehead atoms. The van der Waals surface area contributed by atoms with Gasteiger partial charge in [0.25, 0.3) is 5.91 Å². The van der Waals surface area contributed by atoms with Gasteiger partial charge in [0, 0.05) is 10.2 Å². The van der Waals surface area contributed by atoms with Gasteiger partial charge in [-0.2, -0.15) is 0 Å². The fourth-order valence-corrected chi connectivity index (χ4v) is 2.40. The summed E-state index contributed by atoms with van der Waals surface area (Å²) in [6.07, 6.45) is 0.748. The molecule has 1 saturated heterocycles. The highest BCUT2D eigenvalue weighted by molar-refractivity contribution is 9.10. The number of carbonyl (C=O) groups excluding carboxylic acids is 1. The highest BCUT2D eigenvalue weighted by Crippen LogP contribution is 2.25. The summed E-state index contributed by atoms with van der Waals surface area (Å²) in [4.78, 5) is 13.7. The lowest BCUT2D eigenvalue weighted by Crippen LogP contribution is -2.50. The van der Waals surface area contributed by atoms with E-state index in [1.165, 1.54) is 0 Å². The van der Waals surface area contributed by atoms with Gasteiger partial charge >= 0.3 is 0 Å². The number of nitrogens with two attached hydrogens (primary N) is 1. The molecule has 1 aromatic rings. The van der Waals surface area contributed by atoms with Crippen LogP contribution in [0.2, 0.25) is 0 Å². The zero-order valence-corrected chi connectivity index (χ0v) is 11.0. The molecule has 1 aliphatic heterocycles. The van der Waals surface area contributed by atoms with Crippen LogP contribution >= 0.6 is 15.9 Å². The maximum absolute atomic E-state index is 11.9. The summed E-state index contributed by atoms with van der Waals surface area (Å²) in [6.45, 7) is 1.24. The molecule has 0 radical (unpaired) electrons. The maximum atomic E-state index is 11.9. The van der Waals surface area contributed by atoms with Gasteiger partial charge in [-0.05, 0) is 31.2 Å². The Balaban J connectivity index is 2.27. The van der Waals surface area contributed by atoms with Crippen LogP contribution in [0.15, 0.2) is 28.7 Å². The second-order valence-electron chi connectivity index (χ2n) is 3.99. The van der Waals surface area contributed by atoms with E-state index in [1.54, 1.807) is 4.90 Å². The van der Waals surface area contributed by atoms with Crippen molar-refractivity contribution in [2.45, 2.75) is 12.5 Å². The van der Waals surface area contributed by atoms with E-state index in [4.69, 9.17) is 10.5 Å². The summed E-state index contributed by atoms with van der Waals surface area (Å²) >= 11 is 3.41. The predicted molar refractivity (Wildman–Crippen MR) is 69.9 cm³/mol. The molecule has 0 saturated carbocycles. The number of anilines is 1. The summed E-state index contributed by atoms with van der Waals surface area (Å²) in [7, 11) is 0. The van der Waals surface area contributed by atoms with Crippen molar-refractivity contribution >= 4 is 27.5 Å². The number of hydrogen-bond donors (Lipinski definition) is 1. The molecule has 1 unspecified atom stereocenters. The summed E-state index contributed by atoms with van der Waals surface area (Å²) in [5, 5.41) is 0. The molecule has 1 atom stereocenters. The molecule has 2 N–H and O–H groups in total. The van der Waals surface area contributed by atoms with Gasteiger partial charge in [-0.3, -0.25) is 4.79 Å². The number of ether oxygens (including phenoxy) is 1. The van der Waals surface area contributed by atoms with Gasteiger partial charge in [0.05, 0.1) is 12.6 Å². The normalized spacial score (nSPS) is 20.7. The number of morpholine rings is 1. The molecule has 1 aliphatic rings. The van der Waals surface area contributed by atoms with Crippen LogP contribution in [0.4, 0.5) is 5.69 Å². The van der Waals surface area contributed by atoms with Crippen molar-refractivity contribution in [3.05, 3.63) is 28.7 Å². The van der Waals surface area contributed by atoms with E-state index < -0.39 is 0 Å². The lowest BCUT2D eigenvalue weighted by atomic mass is 10.1. The molecular weight excluding hydrogens is 284 g/mol. The smallest absolute Gasteiger partial charge is 0.253 e. The summed E-state index contributed by atoms with van der Waals surface area (Å²) in [5.74, 6) is -0.00667. The minimum atomic E-state index is -0.00667. The van der Waals surface area contributed by atoms with Gasteiger partial charge < -0.3 is 15.4 Å². The topological polar surface area (TPSA) is 55.6 Å².